The van der Waals surface area contributed by atoms with E-state index >= 15 is 0 Å². The monoisotopic (exact) mass is 339 g/mol. The first-order valence-electron chi connectivity index (χ1n) is 7.48. The number of hydrogen-bond donors (Lipinski definition) is 2. The molecule has 0 unspecified atom stereocenters. The summed E-state index contributed by atoms with van der Waals surface area (Å²) in [6, 6.07) is 8.98. The van der Waals surface area contributed by atoms with Crippen LogP contribution >= 0.6 is 12.4 Å². The van der Waals surface area contributed by atoms with Crippen molar-refractivity contribution in [1.29, 1.82) is 0 Å². The van der Waals surface area contributed by atoms with Gasteiger partial charge in [-0.3, -0.25) is 19.3 Å². The van der Waals surface area contributed by atoms with Crippen LogP contribution in [0.3, 0.4) is 0 Å². The number of likely N-dealkylation sites (tertiary alicyclic amines) is 1. The summed E-state index contributed by atoms with van der Waals surface area (Å²) in [6.07, 6.45) is 1.62. The summed E-state index contributed by atoms with van der Waals surface area (Å²) < 4.78 is 0. The number of hydrogen-bond acceptors (Lipinski definition) is 4. The Balaban J connectivity index is 0.00000264. The summed E-state index contributed by atoms with van der Waals surface area (Å²) in [4.78, 5) is 36.0. The number of rotatable bonds is 7. The van der Waals surface area contributed by atoms with Gasteiger partial charge in [0.15, 0.2) is 0 Å². The van der Waals surface area contributed by atoms with Crippen LogP contribution in [-0.4, -0.2) is 41.8 Å². The topological polar surface area (TPSA) is 92.5 Å². The van der Waals surface area contributed by atoms with Gasteiger partial charge in [-0.15, -0.1) is 12.4 Å². The fraction of sp³-hybridized carbons (Fsp3) is 0.438. The second kappa shape index (κ2) is 9.27. The third-order valence-electron chi connectivity index (χ3n) is 3.65. The lowest BCUT2D eigenvalue weighted by Crippen LogP contribution is -2.43. The summed E-state index contributed by atoms with van der Waals surface area (Å²) in [5.41, 5.74) is 6.88. The first kappa shape index (κ1) is 19.1. The van der Waals surface area contributed by atoms with Gasteiger partial charge in [0, 0.05) is 25.9 Å². The largest absolute Gasteiger partial charge is 0.355 e. The minimum Gasteiger partial charge on any atom is -0.355 e. The van der Waals surface area contributed by atoms with Crippen molar-refractivity contribution in [3.05, 3.63) is 35.9 Å². The van der Waals surface area contributed by atoms with Crippen LogP contribution in [0.1, 0.15) is 24.8 Å². The Labute approximate surface area is 141 Å². The van der Waals surface area contributed by atoms with E-state index in [1.807, 2.05) is 30.3 Å². The number of carbonyl (C=O) groups excluding carboxylic acids is 3. The number of halogens is 1. The van der Waals surface area contributed by atoms with Gasteiger partial charge in [-0.2, -0.15) is 0 Å². The van der Waals surface area contributed by atoms with Gasteiger partial charge in [0.25, 0.3) is 0 Å². The van der Waals surface area contributed by atoms with Crippen molar-refractivity contribution in [2.45, 2.75) is 31.7 Å². The molecule has 23 heavy (non-hydrogen) atoms. The SMILES string of the molecule is Cl.N[C@@H](Cc1ccccc1)C(=O)NCCCN1C(=O)CCC1=O. The molecule has 1 aromatic rings. The summed E-state index contributed by atoms with van der Waals surface area (Å²) in [6.45, 7) is 0.754. The predicted molar refractivity (Wildman–Crippen MR) is 89.0 cm³/mol. The number of nitrogens with two attached hydrogens (primary N) is 1. The predicted octanol–water partition coefficient (Wildman–Crippen LogP) is 0.633. The van der Waals surface area contributed by atoms with Crippen LogP contribution in [0, 0.1) is 0 Å². The van der Waals surface area contributed by atoms with Gasteiger partial charge in [0.05, 0.1) is 6.04 Å². The Bertz CT molecular complexity index is 535. The number of benzene rings is 1. The lowest BCUT2D eigenvalue weighted by atomic mass is 10.1. The van der Waals surface area contributed by atoms with Crippen LogP contribution in [0.15, 0.2) is 30.3 Å². The molecule has 7 heteroatoms. The quantitative estimate of drug-likeness (QED) is 0.563. The molecule has 0 spiro atoms. The van der Waals surface area contributed by atoms with Crippen LogP contribution < -0.4 is 11.1 Å². The van der Waals surface area contributed by atoms with Crippen molar-refractivity contribution >= 4 is 30.1 Å². The van der Waals surface area contributed by atoms with Gasteiger partial charge in [-0.1, -0.05) is 30.3 Å². The van der Waals surface area contributed by atoms with E-state index in [-0.39, 0.29) is 30.1 Å². The Morgan fingerprint density at radius 3 is 2.39 bits per heavy atom. The number of amides is 3. The number of carbonyl (C=O) groups is 3. The van der Waals surface area contributed by atoms with E-state index in [0.717, 1.165) is 5.56 Å². The van der Waals surface area contributed by atoms with E-state index in [4.69, 9.17) is 5.73 Å². The van der Waals surface area contributed by atoms with Crippen molar-refractivity contribution in [2.75, 3.05) is 13.1 Å². The molecule has 3 N–H and O–H groups in total. The minimum atomic E-state index is -0.600. The van der Waals surface area contributed by atoms with Crippen molar-refractivity contribution < 1.29 is 14.4 Å². The third kappa shape index (κ3) is 5.65. The van der Waals surface area contributed by atoms with Crippen molar-refractivity contribution in [2.24, 2.45) is 5.73 Å². The first-order chi connectivity index (χ1) is 10.6. The normalized spacial score (nSPS) is 15.3. The number of nitrogens with zero attached hydrogens (tertiary/aromatic N) is 1. The molecule has 0 radical (unpaired) electrons. The third-order valence-corrected chi connectivity index (χ3v) is 3.65. The molecule has 126 valence electrons. The Kier molecular flexibility index (Phi) is 7.71. The van der Waals surface area contributed by atoms with E-state index in [1.54, 1.807) is 0 Å². The van der Waals surface area contributed by atoms with Crippen molar-refractivity contribution in [1.82, 2.24) is 10.2 Å². The molecule has 1 aliphatic rings. The molecule has 1 heterocycles. The molecular weight excluding hydrogens is 318 g/mol. The average molecular weight is 340 g/mol. The highest BCUT2D eigenvalue weighted by Crippen LogP contribution is 2.11. The summed E-state index contributed by atoms with van der Waals surface area (Å²) in [5, 5.41) is 2.74. The minimum absolute atomic E-state index is 0. The zero-order chi connectivity index (χ0) is 15.9. The molecule has 6 nitrogen and oxygen atoms in total. The van der Waals surface area contributed by atoms with E-state index in [1.165, 1.54) is 4.90 Å². The fourth-order valence-electron chi connectivity index (χ4n) is 2.41. The zero-order valence-electron chi connectivity index (χ0n) is 12.9. The number of imide groups is 1. The van der Waals surface area contributed by atoms with Crippen LogP contribution in [-0.2, 0) is 20.8 Å². The highest BCUT2D eigenvalue weighted by molar-refractivity contribution is 6.01. The van der Waals surface area contributed by atoms with Gasteiger partial charge in [-0.05, 0) is 18.4 Å². The van der Waals surface area contributed by atoms with E-state index in [9.17, 15) is 14.4 Å². The highest BCUT2D eigenvalue weighted by atomic mass is 35.5. The smallest absolute Gasteiger partial charge is 0.237 e. The molecule has 1 fully saturated rings. The van der Waals surface area contributed by atoms with E-state index in [2.05, 4.69) is 5.32 Å². The average Bonchev–Trinajstić information content (AvgIpc) is 2.83. The fourth-order valence-corrected chi connectivity index (χ4v) is 2.41. The second-order valence-corrected chi connectivity index (χ2v) is 5.38. The first-order valence-corrected chi connectivity index (χ1v) is 7.48. The van der Waals surface area contributed by atoms with Crippen LogP contribution in [0.25, 0.3) is 0 Å². The van der Waals surface area contributed by atoms with E-state index in [0.29, 0.717) is 38.8 Å². The molecule has 0 bridgehead atoms. The standard InChI is InChI=1S/C16H21N3O3.ClH/c17-13(11-12-5-2-1-3-6-12)16(22)18-9-4-10-19-14(20)7-8-15(19)21;/h1-3,5-6,13H,4,7-11,17H2,(H,18,22);1H/t13-;/m0./s1. The summed E-state index contributed by atoms with van der Waals surface area (Å²) in [7, 11) is 0. The molecule has 0 aliphatic carbocycles. The van der Waals surface area contributed by atoms with Crippen LogP contribution in [0.4, 0.5) is 0 Å². The van der Waals surface area contributed by atoms with Gasteiger partial charge < -0.3 is 11.1 Å². The lowest BCUT2D eigenvalue weighted by molar-refractivity contribution is -0.138. The maximum Gasteiger partial charge on any atom is 0.237 e. The molecule has 2 rings (SSSR count). The molecule has 1 atom stereocenters. The van der Waals surface area contributed by atoms with Gasteiger partial charge >= 0.3 is 0 Å². The maximum atomic E-state index is 11.9. The molecular formula is C16H22ClN3O3. The molecule has 1 aromatic carbocycles. The van der Waals surface area contributed by atoms with Gasteiger partial charge in [0.2, 0.25) is 17.7 Å². The lowest BCUT2D eigenvalue weighted by Gasteiger charge is -2.15. The van der Waals surface area contributed by atoms with Gasteiger partial charge in [0.1, 0.15) is 0 Å². The summed E-state index contributed by atoms with van der Waals surface area (Å²) >= 11 is 0. The molecule has 1 aliphatic heterocycles. The Morgan fingerprint density at radius 1 is 1.17 bits per heavy atom. The van der Waals surface area contributed by atoms with Gasteiger partial charge in [-0.25, -0.2) is 0 Å². The highest BCUT2D eigenvalue weighted by Gasteiger charge is 2.27. The summed E-state index contributed by atoms with van der Waals surface area (Å²) in [5.74, 6) is -0.475. The molecule has 0 saturated carbocycles. The Hall–Kier alpha value is -1.92. The molecule has 0 aromatic heterocycles. The van der Waals surface area contributed by atoms with Crippen LogP contribution in [0.5, 0.6) is 0 Å². The van der Waals surface area contributed by atoms with Crippen LogP contribution in [0.2, 0.25) is 0 Å². The van der Waals surface area contributed by atoms with E-state index < -0.39 is 6.04 Å². The van der Waals surface area contributed by atoms with Crippen molar-refractivity contribution in [3.63, 3.8) is 0 Å². The number of nitrogens with one attached hydrogen (secondary N) is 1. The molecule has 1 saturated heterocycles. The second-order valence-electron chi connectivity index (χ2n) is 5.38. The zero-order valence-corrected chi connectivity index (χ0v) is 13.7. The Morgan fingerprint density at radius 2 is 1.78 bits per heavy atom. The molecule has 3 amide bonds. The van der Waals surface area contributed by atoms with Crippen molar-refractivity contribution in [3.8, 4) is 0 Å². The maximum absolute atomic E-state index is 11.9.